The predicted molar refractivity (Wildman–Crippen MR) is 121 cm³/mol. The second-order valence-electron chi connectivity index (χ2n) is 7.12. The molecule has 2 aromatic carbocycles. The minimum atomic E-state index is -1.05. The fourth-order valence-corrected chi connectivity index (χ4v) is 3.93. The van der Waals surface area contributed by atoms with E-state index in [2.05, 4.69) is 27.0 Å². The van der Waals surface area contributed by atoms with Crippen LogP contribution in [0, 0.1) is 17.2 Å². The zero-order valence-corrected chi connectivity index (χ0v) is 18.4. The highest BCUT2D eigenvalue weighted by Gasteiger charge is 2.37. The number of carbonyl (C=O) groups is 2. The van der Waals surface area contributed by atoms with Crippen LogP contribution in [0.25, 0.3) is 22.4 Å². The predicted octanol–water partition coefficient (Wildman–Crippen LogP) is 5.14. The van der Waals surface area contributed by atoms with E-state index in [9.17, 15) is 20.0 Å². The average molecular weight is 497 g/mol. The summed E-state index contributed by atoms with van der Waals surface area (Å²) in [7, 11) is 0. The molecule has 1 aromatic heterocycles. The zero-order chi connectivity index (χ0) is 22.1. The molecular formula is C23H15BrClN3O3. The number of rotatable bonds is 4. The van der Waals surface area contributed by atoms with Crippen molar-refractivity contribution in [1.82, 2.24) is 4.98 Å². The molecule has 1 unspecified atom stereocenters. The highest BCUT2D eigenvalue weighted by atomic mass is 79.9. The van der Waals surface area contributed by atoms with Crippen molar-refractivity contribution in [3.63, 3.8) is 0 Å². The van der Waals surface area contributed by atoms with Gasteiger partial charge in [-0.25, -0.2) is 4.98 Å². The normalized spacial score (nSPS) is 15.7. The van der Waals surface area contributed by atoms with Crippen LogP contribution in [0.15, 0.2) is 59.1 Å². The van der Waals surface area contributed by atoms with E-state index in [0.717, 1.165) is 15.6 Å². The van der Waals surface area contributed by atoms with Gasteiger partial charge >= 0.3 is 5.97 Å². The van der Waals surface area contributed by atoms with Gasteiger partial charge in [0.15, 0.2) is 5.82 Å². The minimum absolute atomic E-state index is 0.0281. The van der Waals surface area contributed by atoms with Gasteiger partial charge < -0.3 is 5.11 Å². The SMILES string of the molecule is N#Cc1c(-c2ccc(Cl)cc2)cc(-c2ccc(Br)cc2)nc1N1CC(C(=O)O)CC1=O. The molecule has 6 nitrogen and oxygen atoms in total. The van der Waals surface area contributed by atoms with Crippen LogP contribution < -0.4 is 4.90 Å². The van der Waals surface area contributed by atoms with Crippen molar-refractivity contribution >= 4 is 45.2 Å². The summed E-state index contributed by atoms with van der Waals surface area (Å²) in [6.07, 6.45) is -0.124. The molecule has 154 valence electrons. The smallest absolute Gasteiger partial charge is 0.308 e. The fraction of sp³-hybridized carbons (Fsp3) is 0.130. The van der Waals surface area contributed by atoms with E-state index < -0.39 is 11.9 Å². The summed E-state index contributed by atoms with van der Waals surface area (Å²) in [4.78, 5) is 30.0. The summed E-state index contributed by atoms with van der Waals surface area (Å²) in [5, 5.41) is 19.9. The summed E-state index contributed by atoms with van der Waals surface area (Å²) in [5.41, 5.74) is 2.91. The van der Waals surface area contributed by atoms with E-state index in [0.29, 0.717) is 16.3 Å². The number of nitrogens with zero attached hydrogens (tertiary/aromatic N) is 3. The molecular weight excluding hydrogens is 482 g/mol. The highest BCUT2D eigenvalue weighted by molar-refractivity contribution is 9.10. The molecule has 1 N–H and O–H groups in total. The average Bonchev–Trinajstić information content (AvgIpc) is 3.16. The van der Waals surface area contributed by atoms with Gasteiger partial charge in [-0.05, 0) is 35.9 Å². The Bertz CT molecular complexity index is 1220. The summed E-state index contributed by atoms with van der Waals surface area (Å²) in [5.74, 6) is -2.08. The number of halogens is 2. The van der Waals surface area contributed by atoms with Gasteiger partial charge in [0.25, 0.3) is 0 Å². The van der Waals surface area contributed by atoms with Crippen molar-refractivity contribution in [2.45, 2.75) is 6.42 Å². The Morgan fingerprint density at radius 1 is 1.16 bits per heavy atom. The Balaban J connectivity index is 1.93. The number of hydrogen-bond acceptors (Lipinski definition) is 4. The standard InChI is InChI=1S/C23H15BrClN3O3/c24-16-5-1-14(2-6-16)20-10-18(13-3-7-17(25)8-4-13)19(11-26)22(27-20)28-12-15(23(30)31)9-21(28)29/h1-8,10,15H,9,12H2,(H,30,31). The third-order valence-corrected chi connectivity index (χ3v) is 5.92. The molecule has 8 heteroatoms. The summed E-state index contributed by atoms with van der Waals surface area (Å²) >= 11 is 9.43. The summed E-state index contributed by atoms with van der Waals surface area (Å²) in [6.45, 7) is -0.0281. The number of amides is 1. The maximum atomic E-state index is 12.6. The molecule has 31 heavy (non-hydrogen) atoms. The zero-order valence-electron chi connectivity index (χ0n) is 16.0. The van der Waals surface area contributed by atoms with Gasteiger partial charge in [0.05, 0.1) is 11.6 Å². The lowest BCUT2D eigenvalue weighted by Gasteiger charge is -2.20. The number of aliphatic carboxylic acids is 1. The topological polar surface area (TPSA) is 94.3 Å². The Morgan fingerprint density at radius 2 is 1.81 bits per heavy atom. The van der Waals surface area contributed by atoms with Crippen molar-refractivity contribution in [3.8, 4) is 28.5 Å². The first-order chi connectivity index (χ1) is 14.9. The van der Waals surface area contributed by atoms with Crippen molar-refractivity contribution in [1.29, 1.82) is 5.26 Å². The molecule has 0 aliphatic carbocycles. The molecule has 1 fully saturated rings. The van der Waals surface area contributed by atoms with E-state index in [1.165, 1.54) is 4.90 Å². The molecule has 0 bridgehead atoms. The molecule has 0 saturated carbocycles. The summed E-state index contributed by atoms with van der Waals surface area (Å²) < 4.78 is 0.905. The van der Waals surface area contributed by atoms with E-state index in [4.69, 9.17) is 11.6 Å². The van der Waals surface area contributed by atoms with Gasteiger partial charge in [-0.1, -0.05) is 51.8 Å². The van der Waals surface area contributed by atoms with Crippen LogP contribution in [0.5, 0.6) is 0 Å². The first-order valence-corrected chi connectivity index (χ1v) is 10.5. The number of carboxylic acids is 1. The van der Waals surface area contributed by atoms with Crippen LogP contribution in [0.2, 0.25) is 5.02 Å². The van der Waals surface area contributed by atoms with Crippen LogP contribution in [-0.4, -0.2) is 28.5 Å². The molecule has 1 atom stereocenters. The molecule has 1 aliphatic heterocycles. The number of carboxylic acid groups (broad SMARTS) is 1. The maximum Gasteiger partial charge on any atom is 0.308 e. The molecule has 2 heterocycles. The lowest BCUT2D eigenvalue weighted by Crippen LogP contribution is -2.28. The molecule has 1 aliphatic rings. The molecule has 0 spiro atoms. The van der Waals surface area contributed by atoms with Crippen molar-refractivity contribution < 1.29 is 14.7 Å². The number of benzene rings is 2. The maximum absolute atomic E-state index is 12.6. The van der Waals surface area contributed by atoms with Gasteiger partial charge in [-0.3, -0.25) is 14.5 Å². The number of anilines is 1. The molecule has 3 aromatic rings. The number of hydrogen-bond donors (Lipinski definition) is 1. The number of aromatic nitrogens is 1. The lowest BCUT2D eigenvalue weighted by molar-refractivity contribution is -0.141. The van der Waals surface area contributed by atoms with Gasteiger partial charge in [0, 0.05) is 33.6 Å². The number of pyridine rings is 1. The Kier molecular flexibility index (Phi) is 5.77. The van der Waals surface area contributed by atoms with Gasteiger partial charge in [-0.2, -0.15) is 5.26 Å². The third kappa shape index (κ3) is 4.18. The van der Waals surface area contributed by atoms with E-state index >= 15 is 0 Å². The Morgan fingerprint density at radius 3 is 2.39 bits per heavy atom. The fourth-order valence-electron chi connectivity index (χ4n) is 3.54. The van der Waals surface area contributed by atoms with Gasteiger partial charge in [-0.15, -0.1) is 0 Å². The van der Waals surface area contributed by atoms with E-state index in [1.54, 1.807) is 30.3 Å². The number of carbonyl (C=O) groups excluding carboxylic acids is 1. The lowest BCUT2D eigenvalue weighted by atomic mass is 9.98. The quantitative estimate of drug-likeness (QED) is 0.540. The van der Waals surface area contributed by atoms with Crippen LogP contribution in [-0.2, 0) is 9.59 Å². The molecule has 1 saturated heterocycles. The highest BCUT2D eigenvalue weighted by Crippen LogP contribution is 2.36. The second kappa shape index (κ2) is 8.50. The first kappa shape index (κ1) is 21.0. The van der Waals surface area contributed by atoms with Crippen LogP contribution in [0.4, 0.5) is 5.82 Å². The van der Waals surface area contributed by atoms with Crippen LogP contribution in [0.3, 0.4) is 0 Å². The van der Waals surface area contributed by atoms with E-state index in [1.807, 2.05) is 24.3 Å². The third-order valence-electron chi connectivity index (χ3n) is 5.14. The van der Waals surface area contributed by atoms with E-state index in [-0.39, 0.29) is 30.3 Å². The second-order valence-corrected chi connectivity index (χ2v) is 8.47. The largest absolute Gasteiger partial charge is 0.481 e. The summed E-state index contributed by atoms with van der Waals surface area (Å²) in [6, 6.07) is 18.5. The molecule has 4 rings (SSSR count). The van der Waals surface area contributed by atoms with Crippen molar-refractivity contribution in [3.05, 3.63) is 69.7 Å². The van der Waals surface area contributed by atoms with Gasteiger partial charge in [0.2, 0.25) is 5.91 Å². The van der Waals surface area contributed by atoms with Crippen molar-refractivity contribution in [2.24, 2.45) is 5.92 Å². The van der Waals surface area contributed by atoms with Gasteiger partial charge in [0.1, 0.15) is 11.6 Å². The van der Waals surface area contributed by atoms with Crippen LogP contribution >= 0.6 is 27.5 Å². The van der Waals surface area contributed by atoms with Crippen molar-refractivity contribution in [2.75, 3.05) is 11.4 Å². The molecule has 1 amide bonds. The Hall–Kier alpha value is -3.21. The Labute approximate surface area is 191 Å². The monoisotopic (exact) mass is 495 g/mol. The molecule has 0 radical (unpaired) electrons. The minimum Gasteiger partial charge on any atom is -0.481 e. The first-order valence-electron chi connectivity index (χ1n) is 9.37. The number of nitriles is 1. The van der Waals surface area contributed by atoms with Crippen LogP contribution in [0.1, 0.15) is 12.0 Å².